The lowest BCUT2D eigenvalue weighted by Crippen LogP contribution is -2.50. The molecule has 2 N–H and O–H groups in total. The molecular weight excluding hydrogens is 284 g/mol. The molecule has 2 aromatic carbocycles. The fourth-order valence-corrected chi connectivity index (χ4v) is 2.90. The second kappa shape index (κ2) is 6.52. The Kier molecular flexibility index (Phi) is 4.47. The van der Waals surface area contributed by atoms with E-state index in [0.717, 1.165) is 37.3 Å². The molecule has 1 fully saturated rings. The summed E-state index contributed by atoms with van der Waals surface area (Å²) in [5.41, 5.74) is 2.00. The number of piperazine rings is 1. The highest BCUT2D eigenvalue weighted by atomic mass is 19.1. The third-order valence-corrected chi connectivity index (χ3v) is 4.09. The lowest BCUT2D eigenvalue weighted by molar-refractivity contribution is 0.110. The second-order valence-electron chi connectivity index (χ2n) is 5.58. The van der Waals surface area contributed by atoms with Crippen molar-refractivity contribution in [2.24, 2.45) is 5.84 Å². The van der Waals surface area contributed by atoms with Crippen LogP contribution in [0.25, 0.3) is 0 Å². The zero-order chi connectivity index (χ0) is 15.5. The van der Waals surface area contributed by atoms with Gasteiger partial charge in [-0.3, -0.25) is 10.7 Å². The Hall–Kier alpha value is -1.82. The molecule has 1 aliphatic heterocycles. The third kappa shape index (κ3) is 3.32. The highest BCUT2D eigenvalue weighted by Crippen LogP contribution is 2.29. The van der Waals surface area contributed by atoms with Crippen LogP contribution in [0.2, 0.25) is 0 Å². The van der Waals surface area contributed by atoms with E-state index in [9.17, 15) is 8.78 Å². The van der Waals surface area contributed by atoms with Crippen LogP contribution in [0, 0.1) is 11.6 Å². The molecule has 0 aromatic heterocycles. The van der Waals surface area contributed by atoms with Gasteiger partial charge in [0.15, 0.2) is 0 Å². The molecule has 1 heterocycles. The van der Waals surface area contributed by atoms with Gasteiger partial charge < -0.3 is 0 Å². The lowest BCUT2D eigenvalue weighted by Gasteiger charge is -2.38. The Labute approximate surface area is 128 Å². The number of hydrogen-bond acceptors (Lipinski definition) is 3. The van der Waals surface area contributed by atoms with E-state index in [2.05, 4.69) is 4.90 Å². The molecule has 0 spiro atoms. The van der Waals surface area contributed by atoms with Gasteiger partial charge in [0.1, 0.15) is 11.6 Å². The molecule has 3 rings (SSSR count). The summed E-state index contributed by atoms with van der Waals surface area (Å²) in [6.45, 7) is 3.18. The fraction of sp³-hybridized carbons (Fsp3) is 0.294. The van der Waals surface area contributed by atoms with Crippen molar-refractivity contribution in [3.63, 3.8) is 0 Å². The summed E-state index contributed by atoms with van der Waals surface area (Å²) in [7, 11) is 0. The maximum Gasteiger partial charge on any atom is 0.123 e. The van der Waals surface area contributed by atoms with E-state index < -0.39 is 0 Å². The number of hydrazine groups is 1. The molecular formula is C17H19F2N3. The minimum absolute atomic E-state index is 0.0186. The van der Waals surface area contributed by atoms with Gasteiger partial charge in [0, 0.05) is 26.2 Å². The maximum atomic E-state index is 13.2. The summed E-state index contributed by atoms with van der Waals surface area (Å²) in [5, 5.41) is 1.79. The number of halogens is 2. The number of rotatable bonds is 3. The smallest absolute Gasteiger partial charge is 0.123 e. The normalized spacial score (nSPS) is 17.1. The molecule has 5 heteroatoms. The van der Waals surface area contributed by atoms with E-state index in [4.69, 9.17) is 5.84 Å². The van der Waals surface area contributed by atoms with Crippen molar-refractivity contribution in [3.05, 3.63) is 71.3 Å². The minimum Gasteiger partial charge on any atom is -0.290 e. The van der Waals surface area contributed by atoms with Gasteiger partial charge in [0.05, 0.1) is 6.04 Å². The largest absolute Gasteiger partial charge is 0.290 e. The average molecular weight is 303 g/mol. The van der Waals surface area contributed by atoms with Crippen molar-refractivity contribution in [2.75, 3.05) is 26.2 Å². The predicted molar refractivity (Wildman–Crippen MR) is 82.0 cm³/mol. The summed E-state index contributed by atoms with van der Waals surface area (Å²) in [6, 6.07) is 13.0. The van der Waals surface area contributed by atoms with E-state index in [0.29, 0.717) is 0 Å². The number of hydrogen-bond donors (Lipinski definition) is 1. The molecule has 2 aromatic rings. The van der Waals surface area contributed by atoms with Crippen molar-refractivity contribution < 1.29 is 8.78 Å². The lowest BCUT2D eigenvalue weighted by atomic mass is 9.96. The molecule has 1 saturated heterocycles. The summed E-state index contributed by atoms with van der Waals surface area (Å²) in [4.78, 5) is 2.30. The van der Waals surface area contributed by atoms with E-state index in [1.165, 1.54) is 24.3 Å². The van der Waals surface area contributed by atoms with Gasteiger partial charge in [0.25, 0.3) is 0 Å². The quantitative estimate of drug-likeness (QED) is 0.885. The number of nitrogens with two attached hydrogens (primary N) is 1. The van der Waals surface area contributed by atoms with Crippen LogP contribution in [0.15, 0.2) is 48.5 Å². The molecule has 0 radical (unpaired) electrons. The molecule has 0 amide bonds. The highest BCUT2D eigenvalue weighted by Gasteiger charge is 2.25. The first-order valence-electron chi connectivity index (χ1n) is 7.38. The number of benzene rings is 2. The van der Waals surface area contributed by atoms with Gasteiger partial charge in [-0.15, -0.1) is 0 Å². The van der Waals surface area contributed by atoms with Crippen molar-refractivity contribution in [1.29, 1.82) is 0 Å². The van der Waals surface area contributed by atoms with E-state index in [-0.39, 0.29) is 17.7 Å². The summed E-state index contributed by atoms with van der Waals surface area (Å²) >= 11 is 0. The standard InChI is InChI=1S/C17H19F2N3/c18-15-5-1-13(2-6-15)17(14-3-7-16(19)8-4-14)21-9-11-22(20)12-10-21/h1-8,17H,9-12,20H2. The van der Waals surface area contributed by atoms with Gasteiger partial charge in [0.2, 0.25) is 0 Å². The zero-order valence-corrected chi connectivity index (χ0v) is 12.3. The molecule has 0 unspecified atom stereocenters. The van der Waals surface area contributed by atoms with E-state index in [1.54, 1.807) is 29.3 Å². The van der Waals surface area contributed by atoms with Crippen LogP contribution >= 0.6 is 0 Å². The molecule has 116 valence electrons. The first-order valence-corrected chi connectivity index (χ1v) is 7.38. The Morgan fingerprint density at radius 1 is 0.727 bits per heavy atom. The van der Waals surface area contributed by atoms with Crippen LogP contribution < -0.4 is 5.84 Å². The van der Waals surface area contributed by atoms with Crippen molar-refractivity contribution in [1.82, 2.24) is 9.91 Å². The minimum atomic E-state index is -0.256. The molecule has 22 heavy (non-hydrogen) atoms. The monoisotopic (exact) mass is 303 g/mol. The summed E-state index contributed by atoms with van der Waals surface area (Å²) in [5.74, 6) is 5.31. The fourth-order valence-electron chi connectivity index (χ4n) is 2.90. The Morgan fingerprint density at radius 2 is 1.14 bits per heavy atom. The van der Waals surface area contributed by atoms with Crippen LogP contribution in [-0.2, 0) is 0 Å². The average Bonchev–Trinajstić information content (AvgIpc) is 2.53. The molecule has 3 nitrogen and oxygen atoms in total. The summed E-state index contributed by atoms with van der Waals surface area (Å²) < 4.78 is 26.4. The Morgan fingerprint density at radius 3 is 1.55 bits per heavy atom. The maximum absolute atomic E-state index is 13.2. The van der Waals surface area contributed by atoms with Crippen LogP contribution in [0.5, 0.6) is 0 Å². The van der Waals surface area contributed by atoms with Crippen molar-refractivity contribution >= 4 is 0 Å². The van der Waals surface area contributed by atoms with Gasteiger partial charge in [-0.1, -0.05) is 24.3 Å². The second-order valence-corrected chi connectivity index (χ2v) is 5.58. The van der Waals surface area contributed by atoms with Crippen LogP contribution in [0.4, 0.5) is 8.78 Å². The van der Waals surface area contributed by atoms with Crippen LogP contribution in [0.1, 0.15) is 17.2 Å². The predicted octanol–water partition coefficient (Wildman–Crippen LogP) is 2.55. The highest BCUT2D eigenvalue weighted by molar-refractivity contribution is 5.32. The SMILES string of the molecule is NN1CCN(C(c2ccc(F)cc2)c2ccc(F)cc2)CC1. The molecule has 0 aliphatic carbocycles. The third-order valence-electron chi connectivity index (χ3n) is 4.09. The molecule has 0 bridgehead atoms. The topological polar surface area (TPSA) is 32.5 Å². The Balaban J connectivity index is 1.94. The van der Waals surface area contributed by atoms with Crippen molar-refractivity contribution in [3.8, 4) is 0 Å². The number of nitrogens with zero attached hydrogens (tertiary/aromatic N) is 2. The summed E-state index contributed by atoms with van der Waals surface area (Å²) in [6.07, 6.45) is 0. The van der Waals surface area contributed by atoms with Crippen LogP contribution in [-0.4, -0.2) is 36.1 Å². The molecule has 1 aliphatic rings. The molecule has 0 saturated carbocycles. The van der Waals surface area contributed by atoms with Gasteiger partial charge in [-0.2, -0.15) is 0 Å². The van der Waals surface area contributed by atoms with Crippen molar-refractivity contribution in [2.45, 2.75) is 6.04 Å². The molecule has 0 atom stereocenters. The van der Waals surface area contributed by atoms with E-state index >= 15 is 0 Å². The zero-order valence-electron chi connectivity index (χ0n) is 12.3. The Bertz CT molecular complexity index is 559. The first kappa shape index (κ1) is 15.1. The van der Waals surface area contributed by atoms with Gasteiger partial charge in [-0.05, 0) is 35.4 Å². The van der Waals surface area contributed by atoms with Crippen LogP contribution in [0.3, 0.4) is 0 Å². The van der Waals surface area contributed by atoms with Gasteiger partial charge in [-0.25, -0.2) is 13.8 Å². The van der Waals surface area contributed by atoms with Gasteiger partial charge >= 0.3 is 0 Å². The first-order chi connectivity index (χ1) is 10.6. The van der Waals surface area contributed by atoms with E-state index in [1.807, 2.05) is 0 Å².